The first-order valence-electron chi connectivity index (χ1n) is 11.4. The second-order valence-corrected chi connectivity index (χ2v) is 11.6. The minimum atomic E-state index is -3.54. The molecule has 0 saturated heterocycles. The number of carbonyl (C=O) groups is 2. The van der Waals surface area contributed by atoms with Gasteiger partial charge in [-0.2, -0.15) is 0 Å². The standard InChI is InChI=1S/C25H33Cl2N3O4S/c1-17(2)28-25(32)19(4)29(16-20-11-12-21(26)15-23(20)27)24(31)10-7-13-30(35(5,33)34)22-9-6-8-18(3)14-22/h6,8-9,11-12,14-15,17,19H,7,10,13,16H2,1-5H3,(H,28,32)/t19-/m1/s1. The minimum absolute atomic E-state index is 0.0579. The molecule has 0 radical (unpaired) electrons. The second-order valence-electron chi connectivity index (χ2n) is 8.87. The lowest BCUT2D eigenvalue weighted by Gasteiger charge is -2.30. The second kappa shape index (κ2) is 12.6. The molecule has 35 heavy (non-hydrogen) atoms. The first-order chi connectivity index (χ1) is 16.3. The predicted molar refractivity (Wildman–Crippen MR) is 142 cm³/mol. The molecule has 0 fully saturated rings. The predicted octanol–water partition coefficient (Wildman–Crippen LogP) is 4.79. The van der Waals surface area contributed by atoms with E-state index in [4.69, 9.17) is 23.2 Å². The monoisotopic (exact) mass is 541 g/mol. The zero-order valence-corrected chi connectivity index (χ0v) is 23.0. The van der Waals surface area contributed by atoms with Gasteiger partial charge in [0.05, 0.1) is 11.9 Å². The number of sulfonamides is 1. The number of nitrogens with one attached hydrogen (secondary N) is 1. The minimum Gasteiger partial charge on any atom is -0.352 e. The summed E-state index contributed by atoms with van der Waals surface area (Å²) < 4.78 is 26.1. The Bertz CT molecular complexity index is 1160. The van der Waals surface area contributed by atoms with Crippen LogP contribution in [-0.2, 0) is 26.2 Å². The number of halogens is 2. The van der Waals surface area contributed by atoms with Crippen molar-refractivity contribution >= 4 is 50.7 Å². The Morgan fingerprint density at radius 2 is 1.74 bits per heavy atom. The molecule has 0 spiro atoms. The molecule has 0 aliphatic carbocycles. The number of hydrogen-bond donors (Lipinski definition) is 1. The summed E-state index contributed by atoms with van der Waals surface area (Å²) in [6.07, 6.45) is 1.48. The Morgan fingerprint density at radius 3 is 2.31 bits per heavy atom. The number of carbonyl (C=O) groups excluding carboxylic acids is 2. The van der Waals surface area contributed by atoms with E-state index in [1.807, 2.05) is 26.8 Å². The van der Waals surface area contributed by atoms with Gasteiger partial charge in [0.1, 0.15) is 6.04 Å². The van der Waals surface area contributed by atoms with Crippen molar-refractivity contribution in [3.8, 4) is 0 Å². The molecule has 0 bridgehead atoms. The maximum absolute atomic E-state index is 13.3. The van der Waals surface area contributed by atoms with Crippen molar-refractivity contribution < 1.29 is 18.0 Å². The third kappa shape index (κ3) is 8.70. The van der Waals surface area contributed by atoms with Crippen LogP contribution in [0.15, 0.2) is 42.5 Å². The van der Waals surface area contributed by atoms with Gasteiger partial charge in [0.2, 0.25) is 21.8 Å². The number of rotatable bonds is 11. The van der Waals surface area contributed by atoms with Crippen molar-refractivity contribution in [2.24, 2.45) is 0 Å². The summed E-state index contributed by atoms with van der Waals surface area (Å²) in [5.74, 6) is -0.559. The smallest absolute Gasteiger partial charge is 0.242 e. The molecule has 1 N–H and O–H groups in total. The number of aryl methyl sites for hydroxylation is 1. The highest BCUT2D eigenvalue weighted by Gasteiger charge is 2.27. The fourth-order valence-electron chi connectivity index (χ4n) is 3.61. The van der Waals surface area contributed by atoms with Gasteiger partial charge in [-0.15, -0.1) is 0 Å². The Hall–Kier alpha value is -2.29. The van der Waals surface area contributed by atoms with E-state index >= 15 is 0 Å². The Kier molecular flexibility index (Phi) is 10.4. The molecule has 2 aromatic rings. The van der Waals surface area contributed by atoms with Crippen LogP contribution in [0, 0.1) is 6.92 Å². The van der Waals surface area contributed by atoms with Crippen LogP contribution in [-0.4, -0.2) is 50.0 Å². The maximum Gasteiger partial charge on any atom is 0.242 e. The first kappa shape index (κ1) is 28.9. The van der Waals surface area contributed by atoms with Gasteiger partial charge in [-0.05, 0) is 69.5 Å². The topological polar surface area (TPSA) is 86.8 Å². The van der Waals surface area contributed by atoms with E-state index < -0.39 is 16.1 Å². The highest BCUT2D eigenvalue weighted by molar-refractivity contribution is 7.92. The summed E-state index contributed by atoms with van der Waals surface area (Å²) in [5, 5.41) is 3.70. The summed E-state index contributed by atoms with van der Waals surface area (Å²) in [6, 6.07) is 11.3. The molecular weight excluding hydrogens is 509 g/mol. The third-order valence-electron chi connectivity index (χ3n) is 5.40. The van der Waals surface area contributed by atoms with Crippen molar-refractivity contribution in [1.82, 2.24) is 10.2 Å². The molecule has 1 atom stereocenters. The van der Waals surface area contributed by atoms with E-state index in [-0.39, 0.29) is 43.8 Å². The fourth-order valence-corrected chi connectivity index (χ4v) is 5.03. The Morgan fingerprint density at radius 1 is 1.06 bits per heavy atom. The molecule has 7 nitrogen and oxygen atoms in total. The van der Waals surface area contributed by atoms with Crippen molar-refractivity contribution in [1.29, 1.82) is 0 Å². The lowest BCUT2D eigenvalue weighted by Crippen LogP contribution is -2.49. The normalized spacial score (nSPS) is 12.3. The van der Waals surface area contributed by atoms with E-state index in [2.05, 4.69) is 5.32 Å². The average molecular weight is 543 g/mol. The molecule has 2 aromatic carbocycles. The SMILES string of the molecule is Cc1cccc(N(CCCC(=O)N(Cc2ccc(Cl)cc2Cl)[C@H](C)C(=O)NC(C)C)S(C)(=O)=O)c1. The molecule has 0 heterocycles. The van der Waals surface area contributed by atoms with E-state index in [1.165, 1.54) is 9.21 Å². The highest BCUT2D eigenvalue weighted by Crippen LogP contribution is 2.24. The highest BCUT2D eigenvalue weighted by atomic mass is 35.5. The van der Waals surface area contributed by atoms with Crippen LogP contribution in [0.2, 0.25) is 10.0 Å². The number of anilines is 1. The molecule has 192 valence electrons. The van der Waals surface area contributed by atoms with Crippen LogP contribution < -0.4 is 9.62 Å². The van der Waals surface area contributed by atoms with Crippen LogP contribution in [0.3, 0.4) is 0 Å². The lowest BCUT2D eigenvalue weighted by molar-refractivity contribution is -0.140. The molecule has 0 aliphatic heterocycles. The third-order valence-corrected chi connectivity index (χ3v) is 7.18. The molecule has 0 aliphatic rings. The van der Waals surface area contributed by atoms with Crippen LogP contribution in [0.4, 0.5) is 5.69 Å². The number of hydrogen-bond acceptors (Lipinski definition) is 4. The molecule has 2 rings (SSSR count). The van der Waals surface area contributed by atoms with Gasteiger partial charge in [0.15, 0.2) is 0 Å². The molecule has 0 aromatic heterocycles. The fraction of sp³-hybridized carbons (Fsp3) is 0.440. The van der Waals surface area contributed by atoms with Gasteiger partial charge in [-0.25, -0.2) is 8.42 Å². The van der Waals surface area contributed by atoms with E-state index in [0.29, 0.717) is 21.3 Å². The number of benzene rings is 2. The van der Waals surface area contributed by atoms with Crippen molar-refractivity contribution in [2.45, 2.75) is 59.2 Å². The maximum atomic E-state index is 13.3. The summed E-state index contributed by atoms with van der Waals surface area (Å²) in [4.78, 5) is 27.5. The summed E-state index contributed by atoms with van der Waals surface area (Å²) in [6.45, 7) is 7.49. The van der Waals surface area contributed by atoms with Gasteiger partial charge >= 0.3 is 0 Å². The number of amides is 2. The Labute approximate surface area is 218 Å². The van der Waals surface area contributed by atoms with Crippen molar-refractivity contribution in [3.63, 3.8) is 0 Å². The van der Waals surface area contributed by atoms with Crippen LogP contribution in [0.1, 0.15) is 44.7 Å². The number of nitrogens with zero attached hydrogens (tertiary/aromatic N) is 2. The van der Waals surface area contributed by atoms with Crippen LogP contribution in [0.5, 0.6) is 0 Å². The van der Waals surface area contributed by atoms with E-state index in [1.54, 1.807) is 43.3 Å². The zero-order valence-electron chi connectivity index (χ0n) is 20.7. The van der Waals surface area contributed by atoms with Gasteiger partial charge in [-0.1, -0.05) is 41.4 Å². The van der Waals surface area contributed by atoms with Gasteiger partial charge < -0.3 is 10.2 Å². The van der Waals surface area contributed by atoms with Gasteiger partial charge in [0, 0.05) is 35.6 Å². The van der Waals surface area contributed by atoms with Gasteiger partial charge in [-0.3, -0.25) is 13.9 Å². The molecule has 0 unspecified atom stereocenters. The quantitative estimate of drug-likeness (QED) is 0.443. The summed E-state index contributed by atoms with van der Waals surface area (Å²) >= 11 is 12.3. The average Bonchev–Trinajstić information content (AvgIpc) is 2.74. The lowest BCUT2D eigenvalue weighted by atomic mass is 10.1. The zero-order chi connectivity index (χ0) is 26.3. The first-order valence-corrected chi connectivity index (χ1v) is 14.0. The summed E-state index contributed by atoms with van der Waals surface area (Å²) in [7, 11) is -3.54. The molecule has 10 heteroatoms. The van der Waals surface area contributed by atoms with Gasteiger partial charge in [0.25, 0.3) is 0 Å². The van der Waals surface area contributed by atoms with Crippen molar-refractivity contribution in [3.05, 3.63) is 63.6 Å². The molecule has 2 amide bonds. The Balaban J connectivity index is 2.20. The summed E-state index contributed by atoms with van der Waals surface area (Å²) in [5.41, 5.74) is 2.14. The molecular formula is C25H33Cl2N3O4S. The largest absolute Gasteiger partial charge is 0.352 e. The van der Waals surface area contributed by atoms with E-state index in [0.717, 1.165) is 11.8 Å². The molecule has 0 saturated carbocycles. The van der Waals surface area contributed by atoms with Crippen LogP contribution in [0.25, 0.3) is 0 Å². The van der Waals surface area contributed by atoms with E-state index in [9.17, 15) is 18.0 Å². The van der Waals surface area contributed by atoms with Crippen molar-refractivity contribution in [2.75, 3.05) is 17.1 Å². The van der Waals surface area contributed by atoms with Crippen LogP contribution >= 0.6 is 23.2 Å².